The molecule has 2 heterocycles. The summed E-state index contributed by atoms with van der Waals surface area (Å²) in [6.07, 6.45) is 4.81. The SMILES string of the molecule is CS(=O)(=O)c1cccc(-c2cc3c(cn2)CCc2c-3nn(CCCN)c2C(=O)O)c1. The van der Waals surface area contributed by atoms with E-state index in [0.29, 0.717) is 54.9 Å². The van der Waals surface area contributed by atoms with E-state index < -0.39 is 15.8 Å². The van der Waals surface area contributed by atoms with Gasteiger partial charge in [0.1, 0.15) is 5.69 Å². The minimum Gasteiger partial charge on any atom is -0.477 e. The quantitative estimate of drug-likeness (QED) is 0.618. The van der Waals surface area contributed by atoms with Gasteiger partial charge in [-0.1, -0.05) is 12.1 Å². The molecule has 4 rings (SSSR count). The number of nitrogens with two attached hydrogens (primary N) is 1. The second-order valence-corrected chi connectivity index (χ2v) is 9.39. The molecule has 0 unspecified atom stereocenters. The minimum atomic E-state index is -3.34. The average Bonchev–Trinajstić information content (AvgIpc) is 3.10. The van der Waals surface area contributed by atoms with Crippen LogP contribution in [0, 0.1) is 0 Å². The number of nitrogens with zero attached hydrogens (tertiary/aromatic N) is 3. The topological polar surface area (TPSA) is 128 Å². The van der Waals surface area contributed by atoms with Crippen LogP contribution >= 0.6 is 0 Å². The van der Waals surface area contributed by atoms with Crippen LogP contribution in [0.25, 0.3) is 22.5 Å². The third kappa shape index (κ3) is 3.61. The first-order valence-corrected chi connectivity index (χ1v) is 11.5. The molecule has 2 aromatic heterocycles. The predicted octanol–water partition coefficient (Wildman–Crippen LogP) is 2.16. The van der Waals surface area contributed by atoms with Gasteiger partial charge in [0, 0.05) is 35.7 Å². The Morgan fingerprint density at radius 3 is 2.77 bits per heavy atom. The molecule has 0 fully saturated rings. The smallest absolute Gasteiger partial charge is 0.354 e. The van der Waals surface area contributed by atoms with Crippen LogP contribution in [-0.2, 0) is 29.2 Å². The Labute approximate surface area is 174 Å². The normalized spacial score (nSPS) is 13.0. The molecule has 1 aliphatic carbocycles. The number of rotatable bonds is 6. The molecule has 9 heteroatoms. The molecule has 0 amide bonds. The summed E-state index contributed by atoms with van der Waals surface area (Å²) in [5.41, 5.74) is 10.3. The van der Waals surface area contributed by atoms with E-state index in [1.54, 1.807) is 30.5 Å². The number of sulfone groups is 1. The number of benzene rings is 1. The van der Waals surface area contributed by atoms with E-state index in [0.717, 1.165) is 11.1 Å². The van der Waals surface area contributed by atoms with Gasteiger partial charge in [0.05, 0.1) is 16.3 Å². The monoisotopic (exact) mass is 426 g/mol. The van der Waals surface area contributed by atoms with Gasteiger partial charge < -0.3 is 10.8 Å². The summed E-state index contributed by atoms with van der Waals surface area (Å²) in [5.74, 6) is -1.00. The molecule has 0 radical (unpaired) electrons. The number of carboxylic acids is 1. The molecule has 1 aromatic carbocycles. The Kier molecular flexibility index (Phi) is 5.17. The van der Waals surface area contributed by atoms with E-state index in [4.69, 9.17) is 5.73 Å². The lowest BCUT2D eigenvalue weighted by Gasteiger charge is -2.16. The summed E-state index contributed by atoms with van der Waals surface area (Å²) in [6, 6.07) is 8.49. The number of aromatic nitrogens is 3. The van der Waals surface area contributed by atoms with Gasteiger partial charge >= 0.3 is 5.97 Å². The molecule has 0 bridgehead atoms. The van der Waals surface area contributed by atoms with Crippen molar-refractivity contribution in [1.29, 1.82) is 0 Å². The van der Waals surface area contributed by atoms with E-state index >= 15 is 0 Å². The van der Waals surface area contributed by atoms with Crippen LogP contribution < -0.4 is 5.73 Å². The van der Waals surface area contributed by atoms with Crippen LogP contribution in [0.3, 0.4) is 0 Å². The third-order valence-corrected chi connectivity index (χ3v) is 6.38. The third-order valence-electron chi connectivity index (χ3n) is 5.27. The van der Waals surface area contributed by atoms with Crippen molar-refractivity contribution >= 4 is 15.8 Å². The van der Waals surface area contributed by atoms with Gasteiger partial charge in [0.2, 0.25) is 0 Å². The zero-order chi connectivity index (χ0) is 21.5. The van der Waals surface area contributed by atoms with E-state index in [2.05, 4.69) is 10.1 Å². The second-order valence-electron chi connectivity index (χ2n) is 7.37. The number of carbonyl (C=O) groups is 1. The minimum absolute atomic E-state index is 0.210. The van der Waals surface area contributed by atoms with Crippen LogP contribution in [0.2, 0.25) is 0 Å². The maximum absolute atomic E-state index is 11.9. The fraction of sp³-hybridized carbons (Fsp3) is 0.286. The Hall–Kier alpha value is -3.04. The molecule has 156 valence electrons. The van der Waals surface area contributed by atoms with Gasteiger partial charge in [-0.05, 0) is 49.6 Å². The zero-order valence-corrected chi connectivity index (χ0v) is 17.3. The number of aryl methyl sites for hydroxylation is 2. The summed E-state index contributed by atoms with van der Waals surface area (Å²) in [7, 11) is -3.34. The number of aromatic carboxylic acids is 1. The van der Waals surface area contributed by atoms with Crippen LogP contribution in [0.4, 0.5) is 0 Å². The lowest BCUT2D eigenvalue weighted by molar-refractivity contribution is 0.0681. The molecule has 0 saturated carbocycles. The fourth-order valence-electron chi connectivity index (χ4n) is 3.80. The second kappa shape index (κ2) is 7.66. The summed E-state index contributed by atoms with van der Waals surface area (Å²) in [4.78, 5) is 16.6. The molecular formula is C21H22N4O4S. The summed E-state index contributed by atoms with van der Waals surface area (Å²) < 4.78 is 25.3. The average molecular weight is 426 g/mol. The zero-order valence-electron chi connectivity index (χ0n) is 16.5. The van der Waals surface area contributed by atoms with Crippen molar-refractivity contribution < 1.29 is 18.3 Å². The van der Waals surface area contributed by atoms with Crippen molar-refractivity contribution in [2.75, 3.05) is 12.8 Å². The van der Waals surface area contributed by atoms with Crippen molar-refractivity contribution in [3.63, 3.8) is 0 Å². The van der Waals surface area contributed by atoms with Crippen LogP contribution in [0.1, 0.15) is 28.0 Å². The van der Waals surface area contributed by atoms with Gasteiger partial charge in [-0.25, -0.2) is 13.2 Å². The highest BCUT2D eigenvalue weighted by atomic mass is 32.2. The maximum atomic E-state index is 11.9. The van der Waals surface area contributed by atoms with Gasteiger partial charge in [-0.2, -0.15) is 5.10 Å². The predicted molar refractivity (Wildman–Crippen MR) is 112 cm³/mol. The van der Waals surface area contributed by atoms with E-state index in [1.807, 2.05) is 6.07 Å². The standard InChI is InChI=1S/C21H22N4O4S/c1-30(28,29)15-5-2-4-13(10-15)18-11-17-14(12-23-18)6-7-16-19(17)24-25(9-3-8-22)20(16)21(26)27/h2,4-5,10-12H,3,6-9,22H2,1H3,(H,26,27). The molecule has 0 spiro atoms. The van der Waals surface area contributed by atoms with Gasteiger partial charge in [-0.3, -0.25) is 9.67 Å². The highest BCUT2D eigenvalue weighted by Gasteiger charge is 2.28. The van der Waals surface area contributed by atoms with Crippen molar-refractivity contribution in [2.24, 2.45) is 5.73 Å². The first-order chi connectivity index (χ1) is 14.3. The van der Waals surface area contributed by atoms with E-state index in [9.17, 15) is 18.3 Å². The molecule has 3 aromatic rings. The van der Waals surface area contributed by atoms with Crippen LogP contribution in [-0.4, -0.2) is 47.1 Å². The largest absolute Gasteiger partial charge is 0.477 e. The highest BCUT2D eigenvalue weighted by Crippen LogP contribution is 2.36. The molecule has 0 atom stereocenters. The lowest BCUT2D eigenvalue weighted by atomic mass is 9.89. The number of hydrogen-bond donors (Lipinski definition) is 2. The summed E-state index contributed by atoms with van der Waals surface area (Å²) >= 11 is 0. The van der Waals surface area contributed by atoms with Crippen molar-refractivity contribution in [3.05, 3.63) is 53.3 Å². The Morgan fingerprint density at radius 2 is 2.07 bits per heavy atom. The molecular weight excluding hydrogens is 404 g/mol. The number of pyridine rings is 1. The Morgan fingerprint density at radius 1 is 1.27 bits per heavy atom. The number of hydrogen-bond acceptors (Lipinski definition) is 6. The van der Waals surface area contributed by atoms with Crippen molar-refractivity contribution in [1.82, 2.24) is 14.8 Å². The molecule has 0 aliphatic heterocycles. The number of fused-ring (bicyclic) bond motifs is 3. The number of carboxylic acid groups (broad SMARTS) is 1. The van der Waals surface area contributed by atoms with Gasteiger partial charge in [0.25, 0.3) is 0 Å². The first-order valence-electron chi connectivity index (χ1n) is 9.62. The van der Waals surface area contributed by atoms with Crippen molar-refractivity contribution in [3.8, 4) is 22.5 Å². The molecule has 0 saturated heterocycles. The lowest BCUT2D eigenvalue weighted by Crippen LogP contribution is -2.14. The van der Waals surface area contributed by atoms with Gasteiger partial charge in [-0.15, -0.1) is 0 Å². The molecule has 3 N–H and O–H groups in total. The van der Waals surface area contributed by atoms with E-state index in [1.165, 1.54) is 10.9 Å². The van der Waals surface area contributed by atoms with E-state index in [-0.39, 0.29) is 10.6 Å². The highest BCUT2D eigenvalue weighted by molar-refractivity contribution is 7.90. The fourth-order valence-corrected chi connectivity index (χ4v) is 4.47. The first kappa shape index (κ1) is 20.2. The summed E-state index contributed by atoms with van der Waals surface area (Å²) in [6.45, 7) is 0.889. The molecule has 30 heavy (non-hydrogen) atoms. The van der Waals surface area contributed by atoms with Crippen LogP contribution in [0.15, 0.2) is 41.4 Å². The maximum Gasteiger partial charge on any atom is 0.354 e. The summed E-state index contributed by atoms with van der Waals surface area (Å²) in [5, 5.41) is 14.3. The van der Waals surface area contributed by atoms with Gasteiger partial charge in [0.15, 0.2) is 9.84 Å². The Bertz CT molecular complexity index is 1250. The van der Waals surface area contributed by atoms with Crippen molar-refractivity contribution in [2.45, 2.75) is 30.7 Å². The molecule has 1 aliphatic rings. The Balaban J connectivity index is 1.84. The van der Waals surface area contributed by atoms with Crippen LogP contribution in [0.5, 0.6) is 0 Å². The molecule has 8 nitrogen and oxygen atoms in total.